The number of carboxylic acid groups (broad SMARTS) is 1. The maximum atomic E-state index is 12.7. The second-order valence-corrected chi connectivity index (χ2v) is 3.54. The van der Waals surface area contributed by atoms with Gasteiger partial charge in [-0.25, -0.2) is 9.78 Å². The number of pyridine rings is 1. The topological polar surface area (TPSA) is 77.2 Å². The van der Waals surface area contributed by atoms with Crippen molar-refractivity contribution in [3.05, 3.63) is 30.3 Å². The van der Waals surface area contributed by atoms with Crippen molar-refractivity contribution in [2.75, 3.05) is 6.61 Å². The highest BCUT2D eigenvalue weighted by Gasteiger charge is 2.10. The van der Waals surface area contributed by atoms with Gasteiger partial charge in [0.2, 0.25) is 11.8 Å². The number of aryl methyl sites for hydroxylation is 1. The number of aliphatic carboxylic acids is 1. The van der Waals surface area contributed by atoms with E-state index in [2.05, 4.69) is 10.1 Å². The lowest BCUT2D eigenvalue weighted by Crippen LogP contribution is -2.09. The molecule has 94 valence electrons. The molecular weight excluding hydrogens is 241 g/mol. The molecule has 0 saturated carbocycles. The molecule has 6 nitrogen and oxygen atoms in total. The Kier molecular flexibility index (Phi) is 3.22. The van der Waals surface area contributed by atoms with Crippen molar-refractivity contribution < 1.29 is 19.0 Å². The van der Waals surface area contributed by atoms with E-state index in [1.165, 1.54) is 16.9 Å². The largest absolute Gasteiger partial charge is 0.479 e. The number of rotatable bonds is 4. The van der Waals surface area contributed by atoms with Crippen molar-refractivity contribution in [3.63, 3.8) is 0 Å². The SMILES string of the molecule is Cn1nc(OCC(=O)O)cc1-c1ccc(F)nc1. The van der Waals surface area contributed by atoms with Gasteiger partial charge in [-0.2, -0.15) is 4.39 Å². The highest BCUT2D eigenvalue weighted by molar-refractivity contribution is 5.68. The first-order valence-electron chi connectivity index (χ1n) is 5.07. The zero-order valence-electron chi connectivity index (χ0n) is 9.50. The fourth-order valence-electron chi connectivity index (χ4n) is 1.44. The van der Waals surface area contributed by atoms with Crippen molar-refractivity contribution in [1.82, 2.24) is 14.8 Å². The minimum absolute atomic E-state index is 0.194. The van der Waals surface area contributed by atoms with Crippen LogP contribution in [0.3, 0.4) is 0 Å². The number of hydrogen-bond acceptors (Lipinski definition) is 4. The molecule has 2 aromatic rings. The van der Waals surface area contributed by atoms with E-state index in [9.17, 15) is 9.18 Å². The van der Waals surface area contributed by atoms with E-state index < -0.39 is 18.5 Å². The third-order valence-electron chi connectivity index (χ3n) is 2.22. The summed E-state index contributed by atoms with van der Waals surface area (Å²) in [6.45, 7) is -0.460. The molecule has 0 radical (unpaired) electrons. The van der Waals surface area contributed by atoms with Gasteiger partial charge in [-0.15, -0.1) is 5.10 Å². The molecule has 2 rings (SSSR count). The first-order valence-corrected chi connectivity index (χ1v) is 5.07. The molecule has 0 fully saturated rings. The summed E-state index contributed by atoms with van der Waals surface area (Å²) in [5.41, 5.74) is 1.32. The van der Waals surface area contributed by atoms with Crippen LogP contribution in [0.15, 0.2) is 24.4 Å². The van der Waals surface area contributed by atoms with Crippen LogP contribution in [0.1, 0.15) is 0 Å². The molecule has 0 saturated heterocycles. The lowest BCUT2D eigenvalue weighted by molar-refractivity contribution is -0.139. The van der Waals surface area contributed by atoms with E-state index in [0.717, 1.165) is 0 Å². The van der Waals surface area contributed by atoms with Gasteiger partial charge in [0.05, 0.1) is 5.69 Å². The summed E-state index contributed by atoms with van der Waals surface area (Å²) < 4.78 is 19.1. The van der Waals surface area contributed by atoms with Crippen LogP contribution in [0.2, 0.25) is 0 Å². The van der Waals surface area contributed by atoms with Gasteiger partial charge in [0, 0.05) is 24.9 Å². The molecule has 0 aliphatic carbocycles. The Hall–Kier alpha value is -2.44. The van der Waals surface area contributed by atoms with Crippen molar-refractivity contribution >= 4 is 5.97 Å². The van der Waals surface area contributed by atoms with E-state index in [1.54, 1.807) is 19.2 Å². The van der Waals surface area contributed by atoms with E-state index in [1.807, 2.05) is 0 Å². The van der Waals surface area contributed by atoms with Gasteiger partial charge in [0.1, 0.15) is 0 Å². The molecule has 7 heteroatoms. The van der Waals surface area contributed by atoms with E-state index in [4.69, 9.17) is 9.84 Å². The monoisotopic (exact) mass is 251 g/mol. The Balaban J connectivity index is 2.23. The van der Waals surface area contributed by atoms with Gasteiger partial charge in [-0.3, -0.25) is 4.68 Å². The van der Waals surface area contributed by atoms with Crippen LogP contribution in [0.5, 0.6) is 5.88 Å². The smallest absolute Gasteiger partial charge is 0.341 e. The van der Waals surface area contributed by atoms with Crippen LogP contribution >= 0.6 is 0 Å². The minimum atomic E-state index is -1.08. The number of carboxylic acids is 1. The molecule has 0 bridgehead atoms. The second-order valence-electron chi connectivity index (χ2n) is 3.54. The van der Waals surface area contributed by atoms with E-state index in [0.29, 0.717) is 11.3 Å². The molecule has 0 atom stereocenters. The first-order chi connectivity index (χ1) is 8.56. The molecule has 0 unspecified atom stereocenters. The Morgan fingerprint density at radius 2 is 2.33 bits per heavy atom. The lowest BCUT2D eigenvalue weighted by atomic mass is 10.2. The summed E-state index contributed by atoms with van der Waals surface area (Å²) in [6.07, 6.45) is 1.37. The van der Waals surface area contributed by atoms with E-state index >= 15 is 0 Å². The minimum Gasteiger partial charge on any atom is -0.479 e. The number of nitrogens with zero attached hydrogens (tertiary/aromatic N) is 3. The number of aromatic nitrogens is 3. The highest BCUT2D eigenvalue weighted by Crippen LogP contribution is 2.22. The zero-order chi connectivity index (χ0) is 13.1. The average molecular weight is 251 g/mol. The van der Waals surface area contributed by atoms with Crippen molar-refractivity contribution in [1.29, 1.82) is 0 Å². The molecule has 0 spiro atoms. The summed E-state index contributed by atoms with van der Waals surface area (Å²) >= 11 is 0. The van der Waals surface area contributed by atoms with E-state index in [-0.39, 0.29) is 5.88 Å². The molecule has 0 aliphatic rings. The molecule has 18 heavy (non-hydrogen) atoms. The molecule has 2 aromatic heterocycles. The standard InChI is InChI=1S/C11H10FN3O3/c1-15-8(7-2-3-9(12)13-5-7)4-10(14-15)18-6-11(16)17/h2-5H,6H2,1H3,(H,16,17). The maximum absolute atomic E-state index is 12.7. The average Bonchev–Trinajstić information content (AvgIpc) is 2.69. The normalized spacial score (nSPS) is 10.3. The fraction of sp³-hybridized carbons (Fsp3) is 0.182. The highest BCUT2D eigenvalue weighted by atomic mass is 19.1. The third kappa shape index (κ3) is 2.62. The summed E-state index contributed by atoms with van der Waals surface area (Å²) in [5.74, 6) is -1.45. The molecule has 0 aliphatic heterocycles. The maximum Gasteiger partial charge on any atom is 0.341 e. The molecular formula is C11H10FN3O3. The Bertz CT molecular complexity index is 565. The number of ether oxygens (including phenoxy) is 1. The fourth-order valence-corrected chi connectivity index (χ4v) is 1.44. The van der Waals surface area contributed by atoms with Crippen LogP contribution < -0.4 is 4.74 Å². The summed E-state index contributed by atoms with van der Waals surface area (Å²) in [6, 6.07) is 4.36. The number of halogens is 1. The Labute approximate surface area is 102 Å². The van der Waals surface area contributed by atoms with Gasteiger partial charge in [0.25, 0.3) is 0 Å². The van der Waals surface area contributed by atoms with Gasteiger partial charge in [0.15, 0.2) is 6.61 Å². The summed E-state index contributed by atoms with van der Waals surface area (Å²) in [5, 5.41) is 12.5. The zero-order valence-corrected chi connectivity index (χ0v) is 9.50. The molecule has 2 heterocycles. The van der Waals surface area contributed by atoms with Crippen molar-refractivity contribution in [2.24, 2.45) is 7.05 Å². The Morgan fingerprint density at radius 3 is 2.94 bits per heavy atom. The van der Waals surface area contributed by atoms with Crippen LogP contribution in [0, 0.1) is 5.95 Å². The van der Waals surface area contributed by atoms with Crippen LogP contribution in [-0.2, 0) is 11.8 Å². The van der Waals surface area contributed by atoms with Crippen LogP contribution in [0.4, 0.5) is 4.39 Å². The summed E-state index contributed by atoms with van der Waals surface area (Å²) in [7, 11) is 1.67. The lowest BCUT2D eigenvalue weighted by Gasteiger charge is -1.99. The molecule has 0 amide bonds. The predicted octanol–water partition coefficient (Wildman–Crippen LogP) is 1.08. The van der Waals surface area contributed by atoms with Gasteiger partial charge in [-0.05, 0) is 12.1 Å². The van der Waals surface area contributed by atoms with Crippen molar-refractivity contribution in [2.45, 2.75) is 0 Å². The predicted molar refractivity (Wildman–Crippen MR) is 59.5 cm³/mol. The first kappa shape index (κ1) is 12.0. The van der Waals surface area contributed by atoms with Gasteiger partial charge >= 0.3 is 5.97 Å². The number of hydrogen-bond donors (Lipinski definition) is 1. The second kappa shape index (κ2) is 4.82. The summed E-state index contributed by atoms with van der Waals surface area (Å²) in [4.78, 5) is 13.9. The quantitative estimate of drug-likeness (QED) is 0.823. The van der Waals surface area contributed by atoms with Crippen molar-refractivity contribution in [3.8, 4) is 17.1 Å². The number of carbonyl (C=O) groups is 1. The van der Waals surface area contributed by atoms with Gasteiger partial charge in [-0.1, -0.05) is 0 Å². The van der Waals surface area contributed by atoms with Crippen LogP contribution in [-0.4, -0.2) is 32.4 Å². The third-order valence-corrected chi connectivity index (χ3v) is 2.22. The molecule has 0 aromatic carbocycles. The molecule has 1 N–H and O–H groups in total. The van der Waals surface area contributed by atoms with Crippen LogP contribution in [0.25, 0.3) is 11.3 Å². The van der Waals surface area contributed by atoms with Gasteiger partial charge < -0.3 is 9.84 Å². The Morgan fingerprint density at radius 1 is 1.56 bits per heavy atom.